The first kappa shape index (κ1) is 17.2. The fourth-order valence-corrected chi connectivity index (χ4v) is 1.93. The smallest absolute Gasteiger partial charge is 0.343 e. The van der Waals surface area contributed by atoms with Gasteiger partial charge in [-0.05, 0) is 26.0 Å². The summed E-state index contributed by atoms with van der Waals surface area (Å²) in [4.78, 5) is 25.2. The van der Waals surface area contributed by atoms with Crippen molar-refractivity contribution in [1.82, 2.24) is 4.90 Å². The normalized spacial score (nSPS) is 10.1. The van der Waals surface area contributed by atoms with Crippen LogP contribution >= 0.6 is 11.6 Å². The van der Waals surface area contributed by atoms with Crippen LogP contribution in [0, 0.1) is 5.82 Å². The summed E-state index contributed by atoms with van der Waals surface area (Å²) in [5.41, 5.74) is 0.448. The minimum absolute atomic E-state index is 0.0540. The molecule has 0 saturated carbocycles. The maximum atomic E-state index is 13.5. The number of carbonyl (C=O) groups is 2. The van der Waals surface area contributed by atoms with Crippen LogP contribution in [0.4, 0.5) is 4.39 Å². The van der Waals surface area contributed by atoms with Gasteiger partial charge < -0.3 is 9.64 Å². The van der Waals surface area contributed by atoms with E-state index in [0.29, 0.717) is 13.1 Å². The van der Waals surface area contributed by atoms with Gasteiger partial charge in [0.25, 0.3) is 5.91 Å². The lowest BCUT2D eigenvalue weighted by Gasteiger charge is -2.20. The molecule has 1 aromatic rings. The van der Waals surface area contributed by atoms with Gasteiger partial charge in [0.2, 0.25) is 0 Å². The molecule has 114 valence electrons. The van der Waals surface area contributed by atoms with Gasteiger partial charge in [-0.3, -0.25) is 4.79 Å². The molecular weight excluding hydrogens is 297 g/mol. The van der Waals surface area contributed by atoms with Gasteiger partial charge in [0.1, 0.15) is 11.4 Å². The average Bonchev–Trinajstić information content (AvgIpc) is 2.41. The molecule has 0 bridgehead atoms. The summed E-state index contributed by atoms with van der Waals surface area (Å²) < 4.78 is 18.4. The number of esters is 1. The number of hydrogen-bond acceptors (Lipinski definition) is 3. The highest BCUT2D eigenvalue weighted by molar-refractivity contribution is 6.33. The number of carbonyl (C=O) groups excluding carboxylic acids is 2. The Balaban J connectivity index is 2.68. The lowest BCUT2D eigenvalue weighted by molar-refractivity contribution is -0.133. The molecule has 0 unspecified atom stereocenters. The Morgan fingerprint density at radius 2 is 2.10 bits per heavy atom. The van der Waals surface area contributed by atoms with Crippen LogP contribution in [0.15, 0.2) is 30.4 Å². The van der Waals surface area contributed by atoms with Crippen molar-refractivity contribution in [2.45, 2.75) is 13.8 Å². The Hall–Kier alpha value is -1.88. The number of ether oxygens (including phenoxy) is 1. The third-order valence-electron chi connectivity index (χ3n) is 2.69. The summed E-state index contributed by atoms with van der Waals surface area (Å²) in [5.74, 6) is -2.12. The zero-order valence-electron chi connectivity index (χ0n) is 12.0. The fraction of sp³-hybridized carbons (Fsp3) is 0.333. The molecule has 0 aromatic heterocycles. The van der Waals surface area contributed by atoms with Crippen molar-refractivity contribution in [3.8, 4) is 0 Å². The predicted octanol–water partition coefficient (Wildman–Crippen LogP) is 3.06. The second-order valence-electron chi connectivity index (χ2n) is 4.54. The van der Waals surface area contributed by atoms with E-state index in [0.717, 1.165) is 11.6 Å². The lowest BCUT2D eigenvalue weighted by Crippen LogP contribution is -2.35. The van der Waals surface area contributed by atoms with Crippen LogP contribution in [0.3, 0.4) is 0 Å². The molecule has 1 aromatic carbocycles. The van der Waals surface area contributed by atoms with Crippen molar-refractivity contribution >= 4 is 23.5 Å². The molecule has 21 heavy (non-hydrogen) atoms. The average molecular weight is 314 g/mol. The van der Waals surface area contributed by atoms with Crippen molar-refractivity contribution < 1.29 is 18.7 Å². The molecule has 0 N–H and O–H groups in total. The summed E-state index contributed by atoms with van der Waals surface area (Å²) in [6, 6.07) is 3.86. The summed E-state index contributed by atoms with van der Waals surface area (Å²) >= 11 is 5.75. The van der Waals surface area contributed by atoms with Crippen LogP contribution in [0.5, 0.6) is 0 Å². The van der Waals surface area contributed by atoms with Gasteiger partial charge in [0, 0.05) is 13.1 Å². The summed E-state index contributed by atoms with van der Waals surface area (Å²) in [5, 5.41) is -0.0540. The molecule has 0 spiro atoms. The van der Waals surface area contributed by atoms with Crippen molar-refractivity contribution in [3.05, 3.63) is 46.8 Å². The van der Waals surface area contributed by atoms with Crippen molar-refractivity contribution in [3.63, 3.8) is 0 Å². The van der Waals surface area contributed by atoms with Gasteiger partial charge in [-0.25, -0.2) is 9.18 Å². The monoisotopic (exact) mass is 313 g/mol. The number of hydrogen-bond donors (Lipinski definition) is 0. The zero-order chi connectivity index (χ0) is 16.0. The molecular formula is C15H17ClFNO3. The van der Waals surface area contributed by atoms with Crippen LogP contribution in [-0.4, -0.2) is 36.5 Å². The zero-order valence-corrected chi connectivity index (χ0v) is 12.7. The molecule has 1 amide bonds. The van der Waals surface area contributed by atoms with E-state index < -0.39 is 18.4 Å². The van der Waals surface area contributed by atoms with E-state index >= 15 is 0 Å². The summed E-state index contributed by atoms with van der Waals surface area (Å²) in [6.07, 6.45) is 0. The molecule has 0 saturated heterocycles. The third-order valence-corrected chi connectivity index (χ3v) is 3.00. The Bertz CT molecular complexity index is 540. The first-order valence-corrected chi connectivity index (χ1v) is 6.77. The highest BCUT2D eigenvalue weighted by Gasteiger charge is 2.20. The van der Waals surface area contributed by atoms with Crippen LogP contribution in [0.25, 0.3) is 0 Å². The number of halogens is 2. The fourth-order valence-electron chi connectivity index (χ4n) is 1.69. The van der Waals surface area contributed by atoms with E-state index in [4.69, 9.17) is 16.3 Å². The molecule has 0 heterocycles. The van der Waals surface area contributed by atoms with Crippen LogP contribution in [0.2, 0.25) is 5.02 Å². The number of likely N-dealkylation sites (N-methyl/N-ethyl adjacent to an activating group) is 1. The quantitative estimate of drug-likeness (QED) is 0.599. The highest BCUT2D eigenvalue weighted by Crippen LogP contribution is 2.19. The van der Waals surface area contributed by atoms with E-state index in [1.54, 1.807) is 13.8 Å². The molecule has 0 atom stereocenters. The Morgan fingerprint density at radius 3 is 2.62 bits per heavy atom. The second kappa shape index (κ2) is 7.78. The van der Waals surface area contributed by atoms with E-state index in [9.17, 15) is 14.0 Å². The molecule has 1 rings (SSSR count). The highest BCUT2D eigenvalue weighted by atomic mass is 35.5. The minimum Gasteiger partial charge on any atom is -0.452 e. The molecule has 0 aliphatic carbocycles. The van der Waals surface area contributed by atoms with Crippen molar-refractivity contribution in [2.75, 3.05) is 19.7 Å². The summed E-state index contributed by atoms with van der Waals surface area (Å²) in [6.45, 7) is 7.69. The maximum Gasteiger partial charge on any atom is 0.343 e. The first-order valence-electron chi connectivity index (χ1n) is 6.40. The van der Waals surface area contributed by atoms with Crippen molar-refractivity contribution in [2.24, 2.45) is 0 Å². The largest absolute Gasteiger partial charge is 0.452 e. The second-order valence-corrected chi connectivity index (χ2v) is 4.95. The number of rotatable bonds is 6. The van der Waals surface area contributed by atoms with Gasteiger partial charge in [0.15, 0.2) is 6.61 Å². The van der Waals surface area contributed by atoms with Gasteiger partial charge in [-0.1, -0.05) is 29.8 Å². The molecule has 0 fully saturated rings. The van der Waals surface area contributed by atoms with Gasteiger partial charge in [0.05, 0.1) is 5.02 Å². The van der Waals surface area contributed by atoms with Gasteiger partial charge in [-0.15, -0.1) is 0 Å². The topological polar surface area (TPSA) is 46.6 Å². The predicted molar refractivity (Wildman–Crippen MR) is 78.8 cm³/mol. The first-order chi connectivity index (χ1) is 9.86. The van der Waals surface area contributed by atoms with Gasteiger partial charge >= 0.3 is 5.97 Å². The Labute approximate surface area is 128 Å². The molecule has 4 nitrogen and oxygen atoms in total. The van der Waals surface area contributed by atoms with Gasteiger partial charge in [-0.2, -0.15) is 0 Å². The molecule has 6 heteroatoms. The SMILES string of the molecule is C=C(C)CN(CC)C(=O)COC(=O)c1c(F)cccc1Cl. The lowest BCUT2D eigenvalue weighted by atomic mass is 10.2. The number of nitrogens with zero attached hydrogens (tertiary/aromatic N) is 1. The molecule has 0 aliphatic rings. The third kappa shape index (κ3) is 4.86. The Morgan fingerprint density at radius 1 is 1.43 bits per heavy atom. The van der Waals surface area contributed by atoms with E-state index in [-0.39, 0.29) is 16.5 Å². The van der Waals surface area contributed by atoms with E-state index in [1.807, 2.05) is 0 Å². The van der Waals surface area contributed by atoms with Crippen LogP contribution in [0.1, 0.15) is 24.2 Å². The summed E-state index contributed by atoms with van der Waals surface area (Å²) in [7, 11) is 0. The van der Waals surface area contributed by atoms with Crippen LogP contribution < -0.4 is 0 Å². The van der Waals surface area contributed by atoms with E-state index in [1.165, 1.54) is 17.0 Å². The number of benzene rings is 1. The van der Waals surface area contributed by atoms with Crippen LogP contribution in [-0.2, 0) is 9.53 Å². The number of amides is 1. The van der Waals surface area contributed by atoms with E-state index in [2.05, 4.69) is 6.58 Å². The Kier molecular flexibility index (Phi) is 6.37. The molecule has 0 radical (unpaired) electrons. The molecule has 0 aliphatic heterocycles. The maximum absolute atomic E-state index is 13.5. The minimum atomic E-state index is -0.960. The van der Waals surface area contributed by atoms with Crippen molar-refractivity contribution in [1.29, 1.82) is 0 Å². The standard InChI is InChI=1S/C15H17ClFNO3/c1-4-18(8-10(2)3)13(19)9-21-15(20)14-11(16)6-5-7-12(14)17/h5-7H,2,4,8-9H2,1,3H3.